The number of hydrogen-bond donors (Lipinski definition) is 1. The number of carbonyl (C=O) groups is 1. The van der Waals surface area contributed by atoms with E-state index in [-0.39, 0.29) is 16.1 Å². The predicted molar refractivity (Wildman–Crippen MR) is 125 cm³/mol. The Kier molecular flexibility index (Phi) is 7.18. The van der Waals surface area contributed by atoms with Gasteiger partial charge in [0.25, 0.3) is 5.91 Å². The van der Waals surface area contributed by atoms with Crippen LogP contribution in [0.15, 0.2) is 47.4 Å². The van der Waals surface area contributed by atoms with Crippen molar-refractivity contribution in [3.05, 3.63) is 53.6 Å². The van der Waals surface area contributed by atoms with Crippen molar-refractivity contribution in [2.24, 2.45) is 0 Å². The zero-order chi connectivity index (χ0) is 24.3. The van der Waals surface area contributed by atoms with E-state index in [4.69, 9.17) is 0 Å². The number of nitrogens with zero attached hydrogens (tertiary/aromatic N) is 2. The Morgan fingerprint density at radius 1 is 0.853 bits per heavy atom. The minimum atomic E-state index is -4.55. The lowest BCUT2D eigenvalue weighted by Gasteiger charge is -2.31. The summed E-state index contributed by atoms with van der Waals surface area (Å²) >= 11 is 0. The monoisotopic (exact) mass is 495 g/mol. The molecular weight excluding hydrogens is 467 g/mol. The standard InChI is InChI=1S/C24H28F3N3O3S/c25-24(26,27)19-10-11-22(29-12-3-1-4-13-29)21(17-19)28-23(31)18-8-7-9-20(16-18)34(32,33)30-14-5-2-6-15-30/h7-11,16-17H,1-6,12-15H2,(H,28,31). The number of amides is 1. The van der Waals surface area contributed by atoms with Crippen LogP contribution in [-0.4, -0.2) is 44.8 Å². The predicted octanol–water partition coefficient (Wildman–Crippen LogP) is 5.12. The Hall–Kier alpha value is -2.59. The topological polar surface area (TPSA) is 69.7 Å². The number of piperidine rings is 2. The first kappa shape index (κ1) is 24.5. The molecule has 2 aromatic rings. The van der Waals surface area contributed by atoms with E-state index < -0.39 is 27.7 Å². The van der Waals surface area contributed by atoms with Gasteiger partial charge in [-0.3, -0.25) is 4.79 Å². The second-order valence-corrected chi connectivity index (χ2v) is 10.7. The van der Waals surface area contributed by atoms with Gasteiger partial charge in [0.15, 0.2) is 0 Å². The quantitative estimate of drug-likeness (QED) is 0.625. The van der Waals surface area contributed by atoms with Crippen molar-refractivity contribution in [1.29, 1.82) is 0 Å². The van der Waals surface area contributed by atoms with E-state index >= 15 is 0 Å². The van der Waals surface area contributed by atoms with Crippen LogP contribution in [0.25, 0.3) is 0 Å². The van der Waals surface area contributed by atoms with Crippen LogP contribution in [0, 0.1) is 0 Å². The molecule has 0 spiro atoms. The molecule has 2 saturated heterocycles. The van der Waals surface area contributed by atoms with Gasteiger partial charge in [-0.25, -0.2) is 8.42 Å². The number of nitrogens with one attached hydrogen (secondary N) is 1. The lowest BCUT2D eigenvalue weighted by molar-refractivity contribution is -0.137. The van der Waals surface area contributed by atoms with Crippen LogP contribution in [0.5, 0.6) is 0 Å². The number of benzene rings is 2. The van der Waals surface area contributed by atoms with Crippen LogP contribution < -0.4 is 10.2 Å². The molecule has 2 aliphatic heterocycles. The second kappa shape index (κ2) is 9.95. The van der Waals surface area contributed by atoms with Crippen LogP contribution in [0.4, 0.5) is 24.5 Å². The maximum absolute atomic E-state index is 13.4. The first-order valence-electron chi connectivity index (χ1n) is 11.5. The molecule has 1 amide bonds. The molecule has 0 saturated carbocycles. The molecule has 0 atom stereocenters. The summed E-state index contributed by atoms with van der Waals surface area (Å²) in [6, 6.07) is 9.00. The number of sulfonamides is 1. The molecule has 2 aliphatic rings. The summed E-state index contributed by atoms with van der Waals surface area (Å²) in [5, 5.41) is 2.61. The molecule has 2 heterocycles. The van der Waals surface area contributed by atoms with E-state index in [1.54, 1.807) is 0 Å². The third kappa shape index (κ3) is 5.38. The fraction of sp³-hybridized carbons (Fsp3) is 0.458. The SMILES string of the molecule is O=C(Nc1cc(C(F)(F)F)ccc1N1CCCCC1)c1cccc(S(=O)(=O)N2CCCCC2)c1. The lowest BCUT2D eigenvalue weighted by atomic mass is 10.1. The third-order valence-electron chi connectivity index (χ3n) is 6.32. The number of alkyl halides is 3. The summed E-state index contributed by atoms with van der Waals surface area (Å²) in [7, 11) is -3.75. The van der Waals surface area contributed by atoms with Gasteiger partial charge in [0, 0.05) is 31.7 Å². The van der Waals surface area contributed by atoms with Crippen molar-refractivity contribution in [2.75, 3.05) is 36.4 Å². The van der Waals surface area contributed by atoms with Gasteiger partial charge in [0.05, 0.1) is 21.8 Å². The highest BCUT2D eigenvalue weighted by atomic mass is 32.2. The van der Waals surface area contributed by atoms with Crippen LogP contribution >= 0.6 is 0 Å². The minimum absolute atomic E-state index is 0.00217. The first-order chi connectivity index (χ1) is 16.2. The fourth-order valence-corrected chi connectivity index (χ4v) is 6.03. The molecule has 1 N–H and O–H groups in total. The second-order valence-electron chi connectivity index (χ2n) is 8.72. The molecule has 0 radical (unpaired) electrons. The number of rotatable bonds is 5. The Morgan fingerprint density at radius 3 is 2.15 bits per heavy atom. The third-order valence-corrected chi connectivity index (χ3v) is 8.21. The molecule has 0 aliphatic carbocycles. The normalized spacial score (nSPS) is 18.0. The molecule has 0 unspecified atom stereocenters. The summed E-state index contributed by atoms with van der Waals surface area (Å²) in [6.07, 6.45) is 0.891. The molecule has 6 nitrogen and oxygen atoms in total. The Balaban J connectivity index is 1.62. The van der Waals surface area contributed by atoms with E-state index in [9.17, 15) is 26.4 Å². The van der Waals surface area contributed by atoms with Crippen LogP contribution in [0.1, 0.15) is 54.4 Å². The van der Waals surface area contributed by atoms with Crippen molar-refractivity contribution >= 4 is 27.3 Å². The molecule has 0 bridgehead atoms. The van der Waals surface area contributed by atoms with Crippen molar-refractivity contribution in [3.63, 3.8) is 0 Å². The summed E-state index contributed by atoms with van der Waals surface area (Å²) in [5.74, 6) is -0.659. The molecule has 0 aromatic heterocycles. The summed E-state index contributed by atoms with van der Waals surface area (Å²) in [6.45, 7) is 2.25. The molecule has 2 fully saturated rings. The van der Waals surface area contributed by atoms with Gasteiger partial charge in [0.1, 0.15) is 0 Å². The van der Waals surface area contributed by atoms with Gasteiger partial charge in [-0.15, -0.1) is 0 Å². The van der Waals surface area contributed by atoms with Crippen LogP contribution in [0.2, 0.25) is 0 Å². The van der Waals surface area contributed by atoms with Crippen molar-refractivity contribution in [3.8, 4) is 0 Å². The van der Waals surface area contributed by atoms with Gasteiger partial charge in [-0.05, 0) is 68.5 Å². The van der Waals surface area contributed by atoms with Crippen molar-refractivity contribution in [2.45, 2.75) is 49.6 Å². The molecule has 184 valence electrons. The van der Waals surface area contributed by atoms with Gasteiger partial charge in [0.2, 0.25) is 10.0 Å². The van der Waals surface area contributed by atoms with Crippen LogP contribution in [-0.2, 0) is 16.2 Å². The highest BCUT2D eigenvalue weighted by molar-refractivity contribution is 7.89. The maximum atomic E-state index is 13.4. The van der Waals surface area contributed by atoms with Gasteiger partial charge in [-0.1, -0.05) is 12.5 Å². The Labute approximate surface area is 197 Å². The zero-order valence-electron chi connectivity index (χ0n) is 18.8. The summed E-state index contributed by atoms with van der Waals surface area (Å²) in [5.41, 5.74) is -0.200. The van der Waals surface area contributed by atoms with E-state index in [0.29, 0.717) is 31.9 Å². The number of halogens is 3. The van der Waals surface area contributed by atoms with E-state index in [1.807, 2.05) is 4.90 Å². The number of hydrogen-bond acceptors (Lipinski definition) is 4. The summed E-state index contributed by atoms with van der Waals surface area (Å²) in [4.78, 5) is 15.0. The Bertz CT molecular complexity index is 1140. The van der Waals surface area contributed by atoms with Crippen molar-refractivity contribution < 1.29 is 26.4 Å². The largest absolute Gasteiger partial charge is 0.416 e. The first-order valence-corrected chi connectivity index (χ1v) is 13.0. The molecule has 2 aromatic carbocycles. The van der Waals surface area contributed by atoms with Gasteiger partial charge in [-0.2, -0.15) is 17.5 Å². The Morgan fingerprint density at radius 2 is 1.50 bits per heavy atom. The van der Waals surface area contributed by atoms with Crippen molar-refractivity contribution in [1.82, 2.24) is 4.31 Å². The summed E-state index contributed by atoms with van der Waals surface area (Å²) < 4.78 is 67.5. The molecule has 34 heavy (non-hydrogen) atoms. The van der Waals surface area contributed by atoms with Crippen LogP contribution in [0.3, 0.4) is 0 Å². The van der Waals surface area contributed by atoms with E-state index in [1.165, 1.54) is 34.6 Å². The average Bonchev–Trinajstić information content (AvgIpc) is 2.84. The highest BCUT2D eigenvalue weighted by Crippen LogP contribution is 2.36. The molecule has 4 rings (SSSR count). The number of carbonyl (C=O) groups excluding carboxylic acids is 1. The van der Waals surface area contributed by atoms with E-state index in [0.717, 1.165) is 50.7 Å². The highest BCUT2D eigenvalue weighted by Gasteiger charge is 2.32. The average molecular weight is 496 g/mol. The molecule has 10 heteroatoms. The molecular formula is C24H28F3N3O3S. The minimum Gasteiger partial charge on any atom is -0.370 e. The zero-order valence-corrected chi connectivity index (χ0v) is 19.6. The smallest absolute Gasteiger partial charge is 0.370 e. The maximum Gasteiger partial charge on any atom is 0.416 e. The lowest BCUT2D eigenvalue weighted by Crippen LogP contribution is -2.35. The van der Waals surface area contributed by atoms with E-state index in [2.05, 4.69) is 5.32 Å². The van der Waals surface area contributed by atoms with Gasteiger partial charge >= 0.3 is 6.18 Å². The van der Waals surface area contributed by atoms with Gasteiger partial charge < -0.3 is 10.2 Å². The fourth-order valence-electron chi connectivity index (χ4n) is 4.47. The number of anilines is 2.